The number of benzene rings is 3. The maximum atomic E-state index is 13.1. The third-order valence-electron chi connectivity index (χ3n) is 5.35. The van der Waals surface area contributed by atoms with Crippen LogP contribution in [0, 0.1) is 0 Å². The lowest BCUT2D eigenvalue weighted by Gasteiger charge is -2.13. The molecule has 7 heteroatoms. The van der Waals surface area contributed by atoms with E-state index in [4.69, 9.17) is 11.6 Å². The van der Waals surface area contributed by atoms with Gasteiger partial charge < -0.3 is 0 Å². The average molecular weight is 491 g/mol. The summed E-state index contributed by atoms with van der Waals surface area (Å²) in [4.78, 5) is 16.6. The Morgan fingerprint density at radius 2 is 1.59 bits per heavy atom. The summed E-state index contributed by atoms with van der Waals surface area (Å²) in [5, 5.41) is 0.581. The molecule has 0 saturated heterocycles. The fourth-order valence-electron chi connectivity index (χ4n) is 3.62. The molecule has 34 heavy (non-hydrogen) atoms. The number of aryl methyl sites for hydroxylation is 1. The first kappa shape index (κ1) is 23.7. The van der Waals surface area contributed by atoms with Gasteiger partial charge in [0.25, 0.3) is 10.0 Å². The van der Waals surface area contributed by atoms with Crippen LogP contribution < -0.4 is 4.72 Å². The zero-order valence-electron chi connectivity index (χ0n) is 18.3. The maximum absolute atomic E-state index is 13.1. The van der Waals surface area contributed by atoms with Crippen molar-refractivity contribution < 1.29 is 13.2 Å². The Labute approximate surface area is 204 Å². The van der Waals surface area contributed by atoms with Crippen molar-refractivity contribution in [2.75, 3.05) is 4.72 Å². The zero-order valence-corrected chi connectivity index (χ0v) is 19.9. The molecule has 1 aromatic heterocycles. The van der Waals surface area contributed by atoms with Gasteiger partial charge in [-0.3, -0.25) is 14.5 Å². The molecule has 0 aliphatic carbocycles. The maximum Gasteiger partial charge on any atom is 0.262 e. The first-order valence-electron chi connectivity index (χ1n) is 10.8. The number of anilines is 1. The van der Waals surface area contributed by atoms with Crippen molar-refractivity contribution >= 4 is 33.1 Å². The molecule has 0 unspecified atom stereocenters. The van der Waals surface area contributed by atoms with Crippen molar-refractivity contribution in [3.05, 3.63) is 113 Å². The topological polar surface area (TPSA) is 76.1 Å². The Kier molecular flexibility index (Phi) is 7.40. The highest BCUT2D eigenvalue weighted by Crippen LogP contribution is 2.29. The molecule has 172 valence electrons. The van der Waals surface area contributed by atoms with E-state index in [1.165, 1.54) is 0 Å². The normalized spacial score (nSPS) is 11.2. The van der Waals surface area contributed by atoms with E-state index in [2.05, 4.69) is 9.71 Å². The second-order valence-electron chi connectivity index (χ2n) is 7.88. The molecule has 4 rings (SSSR count). The molecule has 5 nitrogen and oxygen atoms in total. The molecule has 0 bridgehead atoms. The highest BCUT2D eigenvalue weighted by molar-refractivity contribution is 7.92. The third kappa shape index (κ3) is 6.10. The molecule has 0 saturated carbocycles. The van der Waals surface area contributed by atoms with Crippen LogP contribution in [0.4, 0.5) is 5.69 Å². The molecule has 0 aliphatic rings. The summed E-state index contributed by atoms with van der Waals surface area (Å²) in [7, 11) is -3.83. The second-order valence-corrected chi connectivity index (χ2v) is 9.97. The number of nitrogens with one attached hydrogen (secondary N) is 1. The first-order chi connectivity index (χ1) is 16.4. The first-order valence-corrected chi connectivity index (χ1v) is 12.6. The molecular weight excluding hydrogens is 468 g/mol. The van der Waals surface area contributed by atoms with Gasteiger partial charge in [0.15, 0.2) is 0 Å². The molecule has 0 spiro atoms. The Balaban J connectivity index is 1.43. The van der Waals surface area contributed by atoms with E-state index in [0.29, 0.717) is 35.5 Å². The smallest absolute Gasteiger partial charge is 0.262 e. The quantitative estimate of drug-likeness (QED) is 0.314. The lowest BCUT2D eigenvalue weighted by Crippen LogP contribution is -2.14. The molecule has 1 N–H and O–H groups in total. The van der Waals surface area contributed by atoms with Crippen LogP contribution in [-0.4, -0.2) is 19.2 Å². The monoisotopic (exact) mass is 490 g/mol. The molecule has 0 amide bonds. The fraction of sp³-hybridized carbons (Fsp3) is 0.111. The van der Waals surface area contributed by atoms with Gasteiger partial charge in [0.05, 0.1) is 4.90 Å². The summed E-state index contributed by atoms with van der Waals surface area (Å²) in [6, 6.07) is 24.5. The van der Waals surface area contributed by atoms with Crippen LogP contribution in [0.1, 0.15) is 17.5 Å². The van der Waals surface area contributed by atoms with Gasteiger partial charge in [-0.2, -0.15) is 0 Å². The number of rotatable bonds is 9. The number of Topliss-reactive ketones (excluding diaryl/α,β-unsaturated/α-hetero) is 1. The van der Waals surface area contributed by atoms with Crippen LogP contribution in [-0.2, 0) is 27.7 Å². The summed E-state index contributed by atoms with van der Waals surface area (Å²) in [5.41, 5.74) is 3.63. The minimum atomic E-state index is -3.83. The van der Waals surface area contributed by atoms with Gasteiger partial charge in [0.2, 0.25) is 0 Å². The number of aromatic nitrogens is 1. The van der Waals surface area contributed by atoms with Crippen molar-refractivity contribution in [1.82, 2.24) is 4.98 Å². The van der Waals surface area contributed by atoms with Gasteiger partial charge in [0, 0.05) is 41.5 Å². The molecule has 4 aromatic rings. The number of carbonyl (C=O) groups is 1. The second kappa shape index (κ2) is 10.6. The number of hydrogen-bond acceptors (Lipinski definition) is 4. The van der Waals surface area contributed by atoms with Crippen LogP contribution in [0.5, 0.6) is 0 Å². The number of carbonyl (C=O) groups excluding carboxylic acids is 1. The number of halogens is 1. The Bertz CT molecular complexity index is 1370. The van der Waals surface area contributed by atoms with Gasteiger partial charge in [-0.05, 0) is 59.5 Å². The Morgan fingerprint density at radius 1 is 0.853 bits per heavy atom. The van der Waals surface area contributed by atoms with Gasteiger partial charge in [-0.15, -0.1) is 0 Å². The molecule has 1 heterocycles. The predicted molar refractivity (Wildman–Crippen MR) is 135 cm³/mol. The van der Waals surface area contributed by atoms with Crippen molar-refractivity contribution in [3.8, 4) is 11.1 Å². The van der Waals surface area contributed by atoms with E-state index in [9.17, 15) is 13.2 Å². The van der Waals surface area contributed by atoms with Crippen LogP contribution in [0.25, 0.3) is 11.1 Å². The highest BCUT2D eigenvalue weighted by atomic mass is 35.5. The lowest BCUT2D eigenvalue weighted by atomic mass is 10.0. The van der Waals surface area contributed by atoms with Gasteiger partial charge in [-0.1, -0.05) is 60.1 Å². The molecule has 0 radical (unpaired) electrons. The summed E-state index contributed by atoms with van der Waals surface area (Å²) < 4.78 is 28.9. The average Bonchev–Trinajstić information content (AvgIpc) is 2.85. The van der Waals surface area contributed by atoms with Gasteiger partial charge in [0.1, 0.15) is 5.78 Å². The third-order valence-corrected chi connectivity index (χ3v) is 7.05. The van der Waals surface area contributed by atoms with Crippen molar-refractivity contribution in [1.29, 1.82) is 0 Å². The van der Waals surface area contributed by atoms with Crippen LogP contribution in [0.15, 0.2) is 102 Å². The minimum absolute atomic E-state index is 0.120. The van der Waals surface area contributed by atoms with Crippen molar-refractivity contribution in [2.24, 2.45) is 0 Å². The van der Waals surface area contributed by atoms with E-state index in [-0.39, 0.29) is 10.7 Å². The van der Waals surface area contributed by atoms with E-state index in [1.54, 1.807) is 85.2 Å². The SMILES string of the molecule is O=C(CCc1cccnc1)Cc1ccc(NS(=O)(=O)c2ccccc2-c2ccc(Cl)cc2)cc1. The molecule has 0 aliphatic heterocycles. The van der Waals surface area contributed by atoms with Crippen molar-refractivity contribution in [2.45, 2.75) is 24.2 Å². The summed E-state index contributed by atoms with van der Waals surface area (Å²) >= 11 is 5.97. The Hall–Kier alpha value is -3.48. The molecule has 0 atom stereocenters. The van der Waals surface area contributed by atoms with E-state index in [1.807, 2.05) is 12.1 Å². The minimum Gasteiger partial charge on any atom is -0.299 e. The predicted octanol–water partition coefficient (Wildman–Crippen LogP) is 5.95. The van der Waals surface area contributed by atoms with Crippen molar-refractivity contribution in [3.63, 3.8) is 0 Å². The van der Waals surface area contributed by atoms with Gasteiger partial charge >= 0.3 is 0 Å². The molecule has 3 aromatic carbocycles. The van der Waals surface area contributed by atoms with Crippen LogP contribution in [0.2, 0.25) is 5.02 Å². The highest BCUT2D eigenvalue weighted by Gasteiger charge is 2.19. The van der Waals surface area contributed by atoms with E-state index in [0.717, 1.165) is 16.7 Å². The number of nitrogens with zero attached hydrogens (tertiary/aromatic N) is 1. The largest absolute Gasteiger partial charge is 0.299 e. The van der Waals surface area contributed by atoms with E-state index >= 15 is 0 Å². The van der Waals surface area contributed by atoms with Crippen LogP contribution >= 0.6 is 11.6 Å². The standard InChI is InChI=1S/C27H23ClN2O3S/c28-23-12-10-22(11-13-23)26-5-1-2-6-27(26)34(32,33)30-24-14-7-20(8-15-24)18-25(31)16-9-21-4-3-17-29-19-21/h1-8,10-15,17,19,30H,9,16,18H2. The number of hydrogen-bond donors (Lipinski definition) is 1. The number of ketones is 1. The molecular formula is C27H23ClN2O3S. The summed E-state index contributed by atoms with van der Waals surface area (Å²) in [6.07, 6.45) is 4.85. The summed E-state index contributed by atoms with van der Waals surface area (Å²) in [5.74, 6) is 0.120. The molecule has 0 fully saturated rings. The van der Waals surface area contributed by atoms with E-state index < -0.39 is 10.0 Å². The van der Waals surface area contributed by atoms with Gasteiger partial charge in [-0.25, -0.2) is 8.42 Å². The lowest BCUT2D eigenvalue weighted by molar-refractivity contribution is -0.118. The number of pyridine rings is 1. The van der Waals surface area contributed by atoms with Crippen LogP contribution in [0.3, 0.4) is 0 Å². The fourth-order valence-corrected chi connectivity index (χ4v) is 5.03. The summed E-state index contributed by atoms with van der Waals surface area (Å²) in [6.45, 7) is 0. The Morgan fingerprint density at radius 3 is 2.29 bits per heavy atom. The zero-order chi connectivity index (χ0) is 24.0. The number of sulfonamides is 1.